The normalized spacial score (nSPS) is 19.2. The second kappa shape index (κ2) is 5.74. The van der Waals surface area contributed by atoms with Crippen molar-refractivity contribution in [1.29, 1.82) is 0 Å². The molecule has 0 aromatic carbocycles. The first-order valence-electron chi connectivity index (χ1n) is 8.32. The van der Waals surface area contributed by atoms with Crippen LogP contribution < -0.4 is 5.73 Å². The van der Waals surface area contributed by atoms with E-state index in [-0.39, 0.29) is 6.04 Å². The van der Waals surface area contributed by atoms with E-state index in [1.165, 1.54) is 6.33 Å². The molecule has 2 unspecified atom stereocenters. The molecule has 1 aliphatic carbocycles. The van der Waals surface area contributed by atoms with Gasteiger partial charge in [0.05, 0.1) is 17.3 Å². The van der Waals surface area contributed by atoms with Crippen molar-refractivity contribution in [1.82, 2.24) is 24.7 Å². The zero-order chi connectivity index (χ0) is 16.7. The van der Waals surface area contributed by atoms with Crippen molar-refractivity contribution in [3.63, 3.8) is 0 Å². The zero-order valence-electron chi connectivity index (χ0n) is 13.6. The van der Waals surface area contributed by atoms with E-state index in [1.54, 1.807) is 0 Å². The monoisotopic (exact) mass is 324 g/mol. The third kappa shape index (κ3) is 2.36. The fourth-order valence-corrected chi connectivity index (χ4v) is 3.75. The molecule has 2 atom stereocenters. The first-order chi connectivity index (χ1) is 11.7. The fourth-order valence-electron chi connectivity index (χ4n) is 3.75. The number of H-pyrrole nitrogens is 1. The molecule has 0 bridgehead atoms. The third-order valence-electron chi connectivity index (χ3n) is 4.96. The number of rotatable bonds is 4. The number of nitrogen functional groups attached to an aromatic ring is 1. The minimum absolute atomic E-state index is 0.191. The summed E-state index contributed by atoms with van der Waals surface area (Å²) in [6.07, 6.45) is 8.50. The van der Waals surface area contributed by atoms with E-state index in [2.05, 4.69) is 27.0 Å². The molecule has 1 aliphatic rings. The molecule has 3 heterocycles. The number of Topliss-reactive ketones (excluding diaryl/α,β-unsaturated/α-hetero) is 1. The van der Waals surface area contributed by atoms with E-state index >= 15 is 0 Å². The van der Waals surface area contributed by atoms with E-state index < -0.39 is 0 Å². The molecule has 124 valence electrons. The summed E-state index contributed by atoms with van der Waals surface area (Å²) in [7, 11) is 0. The van der Waals surface area contributed by atoms with Crippen LogP contribution in [0, 0.1) is 5.92 Å². The molecule has 24 heavy (non-hydrogen) atoms. The number of anilines is 1. The summed E-state index contributed by atoms with van der Waals surface area (Å²) in [6, 6.07) is 2.13. The summed E-state index contributed by atoms with van der Waals surface area (Å²) in [5.41, 5.74) is 8.55. The number of carbonyl (C=O) groups excluding carboxylic acids is 1. The average Bonchev–Trinajstić information content (AvgIpc) is 3.28. The molecule has 1 fully saturated rings. The Balaban J connectivity index is 1.74. The van der Waals surface area contributed by atoms with Crippen LogP contribution in [0.5, 0.6) is 0 Å². The summed E-state index contributed by atoms with van der Waals surface area (Å²) < 4.78 is 1.93. The number of nitrogens with two attached hydrogens (primary N) is 1. The average molecular weight is 324 g/mol. The Hall–Kier alpha value is -2.70. The van der Waals surface area contributed by atoms with Crippen LogP contribution in [0.1, 0.15) is 38.6 Å². The first-order valence-corrected chi connectivity index (χ1v) is 8.32. The lowest BCUT2D eigenvalue weighted by atomic mass is 9.96. The van der Waals surface area contributed by atoms with Gasteiger partial charge in [-0.15, -0.1) is 0 Å². The second-order valence-electron chi connectivity index (χ2n) is 6.39. The van der Waals surface area contributed by atoms with Crippen molar-refractivity contribution < 1.29 is 4.79 Å². The van der Waals surface area contributed by atoms with Gasteiger partial charge in [-0.25, -0.2) is 9.97 Å². The summed E-state index contributed by atoms with van der Waals surface area (Å²) in [5.74, 6) is 1.15. The Kier molecular flexibility index (Phi) is 3.55. The van der Waals surface area contributed by atoms with E-state index in [1.807, 2.05) is 23.1 Å². The Labute approximate surface area is 139 Å². The van der Waals surface area contributed by atoms with Crippen LogP contribution >= 0.6 is 0 Å². The fraction of sp³-hybridized carbons (Fsp3) is 0.412. The zero-order valence-corrected chi connectivity index (χ0v) is 13.6. The quantitative estimate of drug-likeness (QED) is 0.768. The van der Waals surface area contributed by atoms with E-state index in [0.717, 1.165) is 35.1 Å². The smallest absolute Gasteiger partial charge is 0.154 e. The largest absolute Gasteiger partial charge is 0.382 e. The number of fused-ring (bicyclic) bond motifs is 1. The molecular weight excluding hydrogens is 304 g/mol. The van der Waals surface area contributed by atoms with Crippen LogP contribution in [0.3, 0.4) is 0 Å². The molecule has 0 spiro atoms. The van der Waals surface area contributed by atoms with E-state index in [0.29, 0.717) is 30.4 Å². The van der Waals surface area contributed by atoms with Gasteiger partial charge in [-0.2, -0.15) is 5.10 Å². The maximum Gasteiger partial charge on any atom is 0.154 e. The molecule has 0 saturated heterocycles. The van der Waals surface area contributed by atoms with Crippen LogP contribution in [-0.4, -0.2) is 30.5 Å². The number of carbonyl (C=O) groups is 1. The number of hydrogen-bond donors (Lipinski definition) is 2. The number of aromatic nitrogens is 5. The van der Waals surface area contributed by atoms with Crippen molar-refractivity contribution in [2.75, 3.05) is 5.73 Å². The highest BCUT2D eigenvalue weighted by Gasteiger charge is 2.30. The summed E-state index contributed by atoms with van der Waals surface area (Å²) >= 11 is 0. The van der Waals surface area contributed by atoms with Gasteiger partial charge in [-0.05, 0) is 24.8 Å². The molecule has 3 N–H and O–H groups in total. The number of ketones is 1. The highest BCUT2D eigenvalue weighted by Crippen LogP contribution is 2.36. The Morgan fingerprint density at radius 1 is 1.46 bits per heavy atom. The summed E-state index contributed by atoms with van der Waals surface area (Å²) in [6.45, 7) is 2.13. The molecule has 7 heteroatoms. The molecule has 0 aliphatic heterocycles. The molecule has 0 amide bonds. The predicted molar refractivity (Wildman–Crippen MR) is 91.2 cm³/mol. The van der Waals surface area contributed by atoms with Gasteiger partial charge < -0.3 is 10.7 Å². The van der Waals surface area contributed by atoms with Crippen molar-refractivity contribution in [3.05, 3.63) is 24.8 Å². The number of aromatic amines is 1. The lowest BCUT2D eigenvalue weighted by Gasteiger charge is -2.21. The van der Waals surface area contributed by atoms with Gasteiger partial charge in [0.25, 0.3) is 0 Å². The van der Waals surface area contributed by atoms with Crippen molar-refractivity contribution in [2.24, 2.45) is 5.92 Å². The molecule has 3 aromatic heterocycles. The number of nitrogens with one attached hydrogen (secondary N) is 1. The van der Waals surface area contributed by atoms with E-state index in [4.69, 9.17) is 5.73 Å². The van der Waals surface area contributed by atoms with Gasteiger partial charge >= 0.3 is 0 Å². The Morgan fingerprint density at radius 2 is 2.33 bits per heavy atom. The van der Waals surface area contributed by atoms with Crippen LogP contribution in [-0.2, 0) is 4.79 Å². The van der Waals surface area contributed by atoms with Crippen LogP contribution in [0.15, 0.2) is 24.8 Å². The summed E-state index contributed by atoms with van der Waals surface area (Å²) in [5, 5.41) is 5.46. The molecule has 1 saturated carbocycles. The highest BCUT2D eigenvalue weighted by atomic mass is 16.1. The topological polar surface area (TPSA) is 102 Å². The van der Waals surface area contributed by atoms with Gasteiger partial charge in [0.2, 0.25) is 0 Å². The lowest BCUT2D eigenvalue weighted by molar-refractivity contribution is -0.117. The first kappa shape index (κ1) is 14.9. The highest BCUT2D eigenvalue weighted by molar-refractivity contribution is 5.92. The second-order valence-corrected chi connectivity index (χ2v) is 6.39. The molecular formula is C17H20N6O. The predicted octanol–water partition coefficient (Wildman–Crippen LogP) is 2.72. The number of hydrogen-bond acceptors (Lipinski definition) is 5. The lowest BCUT2D eigenvalue weighted by Crippen LogP contribution is -2.17. The van der Waals surface area contributed by atoms with Gasteiger partial charge in [0.1, 0.15) is 17.8 Å². The summed E-state index contributed by atoms with van der Waals surface area (Å²) in [4.78, 5) is 23.3. The van der Waals surface area contributed by atoms with Crippen molar-refractivity contribution >= 4 is 22.6 Å². The number of nitrogens with zero attached hydrogens (tertiary/aromatic N) is 4. The third-order valence-corrected chi connectivity index (χ3v) is 4.96. The van der Waals surface area contributed by atoms with Crippen LogP contribution in [0.25, 0.3) is 22.3 Å². The molecule has 0 radical (unpaired) electrons. The Morgan fingerprint density at radius 3 is 3.08 bits per heavy atom. The minimum atomic E-state index is 0.191. The van der Waals surface area contributed by atoms with Crippen molar-refractivity contribution in [2.45, 2.75) is 38.6 Å². The van der Waals surface area contributed by atoms with Gasteiger partial charge in [-0.3, -0.25) is 9.48 Å². The molecule has 4 rings (SSSR count). The van der Waals surface area contributed by atoms with E-state index in [9.17, 15) is 4.79 Å². The van der Waals surface area contributed by atoms with Gasteiger partial charge in [0, 0.05) is 30.6 Å². The van der Waals surface area contributed by atoms with Gasteiger partial charge in [0.15, 0.2) is 5.82 Å². The minimum Gasteiger partial charge on any atom is -0.382 e. The molecule has 7 nitrogen and oxygen atoms in total. The molecule has 3 aromatic rings. The maximum absolute atomic E-state index is 11.6. The van der Waals surface area contributed by atoms with Crippen molar-refractivity contribution in [3.8, 4) is 11.3 Å². The standard InChI is InChI=1S/C17H20N6O/c1-2-14(10-3-4-11(24)7-10)23-8-13(16(18)22-23)15-12-5-6-19-17(12)21-9-20-15/h5-6,8-10,14H,2-4,7H2,1H3,(H2,18,22)(H,19,20,21). The SMILES string of the molecule is CCC(C1CCC(=O)C1)n1cc(-c2ncnc3[nH]ccc23)c(N)n1. The Bertz CT molecular complexity index is 896. The van der Waals surface area contributed by atoms with Gasteiger partial charge in [-0.1, -0.05) is 6.92 Å². The van der Waals surface area contributed by atoms with Crippen LogP contribution in [0.4, 0.5) is 5.82 Å². The van der Waals surface area contributed by atoms with Crippen LogP contribution in [0.2, 0.25) is 0 Å². The maximum atomic E-state index is 11.6.